The molecule has 0 bridgehead atoms. The van der Waals surface area contributed by atoms with Gasteiger partial charge in [0.2, 0.25) is 0 Å². The van der Waals surface area contributed by atoms with E-state index in [-0.39, 0.29) is 16.9 Å². The summed E-state index contributed by atoms with van der Waals surface area (Å²) in [4.78, 5) is 0. The summed E-state index contributed by atoms with van der Waals surface area (Å²) < 4.78 is 13.5. The molecular weight excluding hydrogens is 249 g/mol. The number of hydrogen-bond donors (Lipinski definition) is 1. The molecule has 18 heavy (non-hydrogen) atoms. The van der Waals surface area contributed by atoms with E-state index in [1.165, 1.54) is 11.6 Å². The van der Waals surface area contributed by atoms with E-state index < -0.39 is 0 Å². The van der Waals surface area contributed by atoms with Crippen LogP contribution in [0.5, 0.6) is 0 Å². The molecule has 0 saturated carbocycles. The van der Waals surface area contributed by atoms with Crippen LogP contribution >= 0.6 is 11.6 Å². The predicted octanol–water partition coefficient (Wildman–Crippen LogP) is 4.10. The van der Waals surface area contributed by atoms with Gasteiger partial charge in [-0.3, -0.25) is 0 Å². The molecule has 0 spiro atoms. The Labute approximate surface area is 112 Å². The second-order valence-electron chi connectivity index (χ2n) is 4.28. The van der Waals surface area contributed by atoms with Crippen LogP contribution in [0.3, 0.4) is 0 Å². The van der Waals surface area contributed by atoms with Crippen LogP contribution in [0.15, 0.2) is 42.5 Å². The van der Waals surface area contributed by atoms with E-state index in [4.69, 9.17) is 11.6 Å². The zero-order valence-corrected chi connectivity index (χ0v) is 11.1. The fourth-order valence-electron chi connectivity index (χ4n) is 2.00. The van der Waals surface area contributed by atoms with E-state index in [1.807, 2.05) is 44.3 Å². The highest BCUT2D eigenvalue weighted by Crippen LogP contribution is 2.29. The number of halogens is 2. The van der Waals surface area contributed by atoms with Crippen molar-refractivity contribution in [3.63, 3.8) is 0 Å². The third-order valence-corrected chi connectivity index (χ3v) is 3.39. The first kappa shape index (κ1) is 13.1. The van der Waals surface area contributed by atoms with Gasteiger partial charge in [-0.1, -0.05) is 53.6 Å². The second kappa shape index (κ2) is 5.51. The SMILES string of the molecule is CNC(c1ccc(C)cc1)c1cccc(F)c1Cl. The highest BCUT2D eigenvalue weighted by molar-refractivity contribution is 6.31. The number of hydrogen-bond acceptors (Lipinski definition) is 1. The van der Waals surface area contributed by atoms with Gasteiger partial charge in [0, 0.05) is 0 Å². The third-order valence-electron chi connectivity index (χ3n) is 2.99. The van der Waals surface area contributed by atoms with Gasteiger partial charge in [-0.15, -0.1) is 0 Å². The molecule has 0 aromatic heterocycles. The van der Waals surface area contributed by atoms with E-state index in [1.54, 1.807) is 6.07 Å². The second-order valence-corrected chi connectivity index (χ2v) is 4.65. The maximum Gasteiger partial charge on any atom is 0.142 e. The van der Waals surface area contributed by atoms with Gasteiger partial charge < -0.3 is 5.32 Å². The minimum atomic E-state index is -0.387. The van der Waals surface area contributed by atoms with Crippen molar-refractivity contribution < 1.29 is 4.39 Å². The molecule has 0 saturated heterocycles. The van der Waals surface area contributed by atoms with Crippen LogP contribution in [0.2, 0.25) is 5.02 Å². The lowest BCUT2D eigenvalue weighted by atomic mass is 9.98. The Kier molecular flexibility index (Phi) is 4.00. The third kappa shape index (κ3) is 2.55. The number of nitrogens with one attached hydrogen (secondary N) is 1. The van der Waals surface area contributed by atoms with Gasteiger partial charge >= 0.3 is 0 Å². The summed E-state index contributed by atoms with van der Waals surface area (Å²) in [6.45, 7) is 2.04. The van der Waals surface area contributed by atoms with Crippen LogP contribution in [-0.2, 0) is 0 Å². The summed E-state index contributed by atoms with van der Waals surface area (Å²) in [5.74, 6) is -0.387. The monoisotopic (exact) mass is 263 g/mol. The van der Waals surface area contributed by atoms with Crippen molar-refractivity contribution in [3.8, 4) is 0 Å². The van der Waals surface area contributed by atoms with Crippen LogP contribution in [0, 0.1) is 12.7 Å². The number of rotatable bonds is 3. The van der Waals surface area contributed by atoms with Gasteiger partial charge in [-0.25, -0.2) is 4.39 Å². The smallest absolute Gasteiger partial charge is 0.142 e. The first-order valence-electron chi connectivity index (χ1n) is 5.81. The maximum absolute atomic E-state index is 13.5. The van der Waals surface area contributed by atoms with Gasteiger partial charge in [0.25, 0.3) is 0 Å². The molecule has 1 unspecified atom stereocenters. The molecule has 94 valence electrons. The van der Waals surface area contributed by atoms with Gasteiger partial charge in [0.1, 0.15) is 5.82 Å². The lowest BCUT2D eigenvalue weighted by Crippen LogP contribution is -2.18. The Morgan fingerprint density at radius 1 is 1.11 bits per heavy atom. The summed E-state index contributed by atoms with van der Waals surface area (Å²) in [6.07, 6.45) is 0. The number of benzene rings is 2. The predicted molar refractivity (Wildman–Crippen MR) is 73.5 cm³/mol. The molecule has 0 fully saturated rings. The summed E-state index contributed by atoms with van der Waals surface area (Å²) >= 11 is 6.03. The normalized spacial score (nSPS) is 12.4. The summed E-state index contributed by atoms with van der Waals surface area (Å²) in [5, 5.41) is 3.35. The lowest BCUT2D eigenvalue weighted by molar-refractivity contribution is 0.617. The van der Waals surface area contributed by atoms with Gasteiger partial charge in [0.05, 0.1) is 11.1 Å². The minimum absolute atomic E-state index is 0.103. The molecular formula is C15H15ClFN. The Morgan fingerprint density at radius 2 is 1.78 bits per heavy atom. The molecule has 1 nitrogen and oxygen atoms in total. The van der Waals surface area contributed by atoms with Crippen molar-refractivity contribution in [2.75, 3.05) is 7.05 Å². The quantitative estimate of drug-likeness (QED) is 0.879. The molecule has 2 aromatic carbocycles. The molecule has 3 heteroatoms. The average molecular weight is 264 g/mol. The molecule has 0 heterocycles. The molecule has 1 atom stereocenters. The summed E-state index contributed by atoms with van der Waals surface area (Å²) in [7, 11) is 1.84. The number of aryl methyl sites for hydroxylation is 1. The molecule has 0 aliphatic carbocycles. The van der Waals surface area contributed by atoms with Crippen molar-refractivity contribution in [2.24, 2.45) is 0 Å². The summed E-state index contributed by atoms with van der Waals surface area (Å²) in [6, 6.07) is 12.9. The van der Waals surface area contributed by atoms with Crippen molar-refractivity contribution >= 4 is 11.6 Å². The van der Waals surface area contributed by atoms with Crippen molar-refractivity contribution in [1.82, 2.24) is 5.32 Å². The molecule has 2 rings (SSSR count). The van der Waals surface area contributed by atoms with E-state index in [0.29, 0.717) is 0 Å². The van der Waals surface area contributed by atoms with Crippen LogP contribution in [-0.4, -0.2) is 7.05 Å². The minimum Gasteiger partial charge on any atom is -0.309 e. The van der Waals surface area contributed by atoms with Crippen molar-refractivity contribution in [1.29, 1.82) is 0 Å². The highest BCUT2D eigenvalue weighted by atomic mass is 35.5. The zero-order valence-electron chi connectivity index (χ0n) is 10.4. The first-order valence-corrected chi connectivity index (χ1v) is 6.19. The topological polar surface area (TPSA) is 12.0 Å². The Hall–Kier alpha value is -1.38. The zero-order chi connectivity index (χ0) is 13.1. The molecule has 1 N–H and O–H groups in total. The fourth-order valence-corrected chi connectivity index (χ4v) is 2.24. The van der Waals surface area contributed by atoms with Crippen molar-refractivity contribution in [3.05, 3.63) is 70.0 Å². The highest BCUT2D eigenvalue weighted by Gasteiger charge is 2.16. The van der Waals surface area contributed by atoms with E-state index in [2.05, 4.69) is 5.32 Å². The largest absolute Gasteiger partial charge is 0.309 e. The molecule has 0 amide bonds. The van der Waals surface area contributed by atoms with Crippen LogP contribution < -0.4 is 5.32 Å². The van der Waals surface area contributed by atoms with E-state index >= 15 is 0 Å². The Morgan fingerprint density at radius 3 is 2.39 bits per heavy atom. The molecule has 0 aliphatic heterocycles. The maximum atomic E-state index is 13.5. The lowest BCUT2D eigenvalue weighted by Gasteiger charge is -2.19. The van der Waals surface area contributed by atoms with Crippen LogP contribution in [0.25, 0.3) is 0 Å². The van der Waals surface area contributed by atoms with Crippen LogP contribution in [0.4, 0.5) is 4.39 Å². The molecule has 0 radical (unpaired) electrons. The van der Waals surface area contributed by atoms with Crippen LogP contribution in [0.1, 0.15) is 22.7 Å². The first-order chi connectivity index (χ1) is 8.63. The average Bonchev–Trinajstić information content (AvgIpc) is 2.37. The molecule has 2 aromatic rings. The Balaban J connectivity index is 2.45. The van der Waals surface area contributed by atoms with Crippen molar-refractivity contribution in [2.45, 2.75) is 13.0 Å². The fraction of sp³-hybridized carbons (Fsp3) is 0.200. The van der Waals surface area contributed by atoms with E-state index in [0.717, 1.165) is 11.1 Å². The molecule has 0 aliphatic rings. The standard InChI is InChI=1S/C15H15ClFN/c1-10-6-8-11(9-7-10)15(18-2)12-4-3-5-13(17)14(12)16/h3-9,15,18H,1-2H3. The van der Waals surface area contributed by atoms with Gasteiger partial charge in [-0.05, 0) is 31.2 Å². The van der Waals surface area contributed by atoms with Gasteiger partial charge in [-0.2, -0.15) is 0 Å². The van der Waals surface area contributed by atoms with E-state index in [9.17, 15) is 4.39 Å². The Bertz CT molecular complexity index is 537. The summed E-state index contributed by atoms with van der Waals surface area (Å²) in [5.41, 5.74) is 3.01. The van der Waals surface area contributed by atoms with Gasteiger partial charge in [0.15, 0.2) is 0 Å².